The summed E-state index contributed by atoms with van der Waals surface area (Å²) in [5, 5.41) is 2.49. The number of amides is 1. The molecule has 0 unspecified atom stereocenters. The van der Waals surface area contributed by atoms with E-state index in [-0.39, 0.29) is 37.6 Å². The first-order valence-corrected chi connectivity index (χ1v) is 8.03. The first kappa shape index (κ1) is 18.4. The number of carbonyl (C=O) groups excluding carboxylic acids is 2. The SMILES string of the molecule is CCOC(=O)CNC(=O)CCn1c(=O)c(N(C)C)nc2ccccc21. The van der Waals surface area contributed by atoms with E-state index >= 15 is 0 Å². The highest BCUT2D eigenvalue weighted by molar-refractivity contribution is 5.82. The number of esters is 1. The second-order valence-electron chi connectivity index (χ2n) is 5.61. The number of carbonyl (C=O) groups is 2. The summed E-state index contributed by atoms with van der Waals surface area (Å²) in [4.78, 5) is 41.9. The molecular weight excluding hydrogens is 324 g/mol. The second-order valence-corrected chi connectivity index (χ2v) is 5.61. The van der Waals surface area contributed by atoms with Gasteiger partial charge in [0.1, 0.15) is 6.54 Å². The fourth-order valence-corrected chi connectivity index (χ4v) is 2.38. The number of aromatic nitrogens is 2. The zero-order valence-electron chi connectivity index (χ0n) is 14.6. The molecule has 2 aromatic rings. The zero-order chi connectivity index (χ0) is 18.4. The lowest BCUT2D eigenvalue weighted by Gasteiger charge is -2.16. The number of anilines is 1. The summed E-state index contributed by atoms with van der Waals surface area (Å²) in [5.74, 6) is -0.504. The van der Waals surface area contributed by atoms with E-state index in [1.165, 1.54) is 4.57 Å². The third-order valence-electron chi connectivity index (χ3n) is 3.56. The fraction of sp³-hybridized carbons (Fsp3) is 0.412. The van der Waals surface area contributed by atoms with Gasteiger partial charge in [0.15, 0.2) is 5.82 Å². The maximum absolute atomic E-state index is 12.6. The average molecular weight is 346 g/mol. The lowest BCUT2D eigenvalue weighted by Crippen LogP contribution is -2.33. The van der Waals surface area contributed by atoms with Gasteiger partial charge in [-0.25, -0.2) is 4.98 Å². The van der Waals surface area contributed by atoms with Gasteiger partial charge in [-0.1, -0.05) is 12.1 Å². The van der Waals surface area contributed by atoms with Crippen LogP contribution in [0.25, 0.3) is 11.0 Å². The minimum absolute atomic E-state index is 0.0696. The Labute approximate surface area is 145 Å². The molecular formula is C17H22N4O4. The van der Waals surface area contributed by atoms with Crippen molar-refractivity contribution in [3.8, 4) is 0 Å². The summed E-state index contributed by atoms with van der Waals surface area (Å²) in [6, 6.07) is 7.27. The first-order chi connectivity index (χ1) is 11.9. The summed E-state index contributed by atoms with van der Waals surface area (Å²) in [7, 11) is 3.49. The molecule has 0 bridgehead atoms. The summed E-state index contributed by atoms with van der Waals surface area (Å²) in [6.07, 6.45) is 0.0696. The van der Waals surface area contributed by atoms with Crippen molar-refractivity contribution in [3.05, 3.63) is 34.6 Å². The van der Waals surface area contributed by atoms with Gasteiger partial charge in [-0.05, 0) is 19.1 Å². The van der Waals surface area contributed by atoms with Crippen LogP contribution in [0.2, 0.25) is 0 Å². The zero-order valence-corrected chi connectivity index (χ0v) is 14.6. The monoisotopic (exact) mass is 346 g/mol. The Morgan fingerprint density at radius 3 is 2.68 bits per heavy atom. The average Bonchev–Trinajstić information content (AvgIpc) is 2.58. The van der Waals surface area contributed by atoms with Gasteiger partial charge in [-0.15, -0.1) is 0 Å². The number of rotatable bonds is 7. The number of nitrogens with zero attached hydrogens (tertiary/aromatic N) is 3. The Kier molecular flexibility index (Phi) is 6.10. The Morgan fingerprint density at radius 2 is 2.00 bits per heavy atom. The van der Waals surface area contributed by atoms with Gasteiger partial charge >= 0.3 is 5.97 Å². The van der Waals surface area contributed by atoms with Crippen LogP contribution in [0.5, 0.6) is 0 Å². The Morgan fingerprint density at radius 1 is 1.28 bits per heavy atom. The molecule has 8 heteroatoms. The van der Waals surface area contributed by atoms with Crippen LogP contribution < -0.4 is 15.8 Å². The van der Waals surface area contributed by atoms with Crippen molar-refractivity contribution in [2.45, 2.75) is 19.9 Å². The van der Waals surface area contributed by atoms with Crippen LogP contribution in [0.4, 0.5) is 5.82 Å². The standard InChI is InChI=1S/C17H22N4O4/c1-4-25-15(23)11-18-14(22)9-10-21-13-8-6-5-7-12(13)19-16(17(21)24)20(2)3/h5-8H,4,9-11H2,1-3H3,(H,18,22). The van der Waals surface area contributed by atoms with Gasteiger partial charge in [0.25, 0.3) is 5.56 Å². The molecule has 1 amide bonds. The molecule has 0 aliphatic carbocycles. The predicted molar refractivity (Wildman–Crippen MR) is 94.6 cm³/mol. The van der Waals surface area contributed by atoms with Crippen LogP contribution in [0.3, 0.4) is 0 Å². The molecule has 0 atom stereocenters. The van der Waals surface area contributed by atoms with E-state index in [0.717, 1.165) is 0 Å². The number of benzene rings is 1. The van der Waals surface area contributed by atoms with Crippen LogP contribution in [-0.4, -0.2) is 48.7 Å². The molecule has 8 nitrogen and oxygen atoms in total. The Balaban J connectivity index is 2.17. The second kappa shape index (κ2) is 8.27. The van der Waals surface area contributed by atoms with Crippen molar-refractivity contribution in [1.82, 2.24) is 14.9 Å². The van der Waals surface area contributed by atoms with E-state index in [2.05, 4.69) is 10.3 Å². The highest BCUT2D eigenvalue weighted by atomic mass is 16.5. The fourth-order valence-electron chi connectivity index (χ4n) is 2.38. The minimum Gasteiger partial charge on any atom is -0.465 e. The largest absolute Gasteiger partial charge is 0.465 e. The number of para-hydroxylation sites is 2. The summed E-state index contributed by atoms with van der Waals surface area (Å²) in [6.45, 7) is 1.97. The maximum atomic E-state index is 12.6. The van der Waals surface area contributed by atoms with E-state index < -0.39 is 5.97 Å². The van der Waals surface area contributed by atoms with Gasteiger partial charge < -0.3 is 19.5 Å². The van der Waals surface area contributed by atoms with Crippen molar-refractivity contribution in [2.24, 2.45) is 0 Å². The number of aryl methyl sites for hydroxylation is 1. The summed E-state index contributed by atoms with van der Waals surface area (Å²) < 4.78 is 6.28. The van der Waals surface area contributed by atoms with Crippen molar-refractivity contribution in [1.29, 1.82) is 0 Å². The first-order valence-electron chi connectivity index (χ1n) is 8.03. The van der Waals surface area contributed by atoms with Crippen molar-refractivity contribution in [3.63, 3.8) is 0 Å². The number of hydrogen-bond acceptors (Lipinski definition) is 6. The highest BCUT2D eigenvalue weighted by Crippen LogP contribution is 2.13. The quantitative estimate of drug-likeness (QED) is 0.735. The molecule has 1 aromatic heterocycles. The third-order valence-corrected chi connectivity index (χ3v) is 3.56. The van der Waals surface area contributed by atoms with Crippen molar-refractivity contribution < 1.29 is 14.3 Å². The third kappa shape index (κ3) is 4.56. The highest BCUT2D eigenvalue weighted by Gasteiger charge is 2.13. The molecule has 0 aliphatic heterocycles. The van der Waals surface area contributed by atoms with Crippen LogP contribution in [0.1, 0.15) is 13.3 Å². The molecule has 0 saturated heterocycles. The molecule has 0 radical (unpaired) electrons. The van der Waals surface area contributed by atoms with E-state index in [1.54, 1.807) is 32.0 Å². The minimum atomic E-state index is -0.489. The molecule has 0 fully saturated rings. The smallest absolute Gasteiger partial charge is 0.325 e. The van der Waals surface area contributed by atoms with Gasteiger partial charge in [-0.3, -0.25) is 14.4 Å². The molecule has 0 aliphatic rings. The summed E-state index contributed by atoms with van der Waals surface area (Å²) >= 11 is 0. The predicted octanol–water partition coefficient (Wildman–Crippen LogP) is 0.532. The number of fused-ring (bicyclic) bond motifs is 1. The maximum Gasteiger partial charge on any atom is 0.325 e. The van der Waals surface area contributed by atoms with Crippen molar-refractivity contribution >= 4 is 28.7 Å². The topological polar surface area (TPSA) is 93.5 Å². The molecule has 1 aromatic carbocycles. The van der Waals surface area contributed by atoms with Crippen LogP contribution >= 0.6 is 0 Å². The number of hydrogen-bond donors (Lipinski definition) is 1. The van der Waals surface area contributed by atoms with E-state index in [9.17, 15) is 14.4 Å². The molecule has 25 heavy (non-hydrogen) atoms. The van der Waals surface area contributed by atoms with E-state index in [4.69, 9.17) is 4.74 Å². The van der Waals surface area contributed by atoms with Crippen LogP contribution in [0.15, 0.2) is 29.1 Å². The van der Waals surface area contributed by atoms with Gasteiger partial charge in [0.2, 0.25) is 5.91 Å². The lowest BCUT2D eigenvalue weighted by atomic mass is 10.2. The Hall–Kier alpha value is -2.90. The molecule has 2 rings (SSSR count). The van der Waals surface area contributed by atoms with Gasteiger partial charge in [-0.2, -0.15) is 0 Å². The van der Waals surface area contributed by atoms with E-state index in [1.807, 2.05) is 18.2 Å². The molecule has 1 heterocycles. The van der Waals surface area contributed by atoms with Crippen molar-refractivity contribution in [2.75, 3.05) is 32.1 Å². The molecule has 1 N–H and O–H groups in total. The Bertz CT molecular complexity index is 829. The number of nitrogens with one attached hydrogen (secondary N) is 1. The molecule has 0 spiro atoms. The van der Waals surface area contributed by atoms with Gasteiger partial charge in [0.05, 0.1) is 17.6 Å². The van der Waals surface area contributed by atoms with Crippen LogP contribution in [-0.2, 0) is 20.9 Å². The van der Waals surface area contributed by atoms with E-state index in [0.29, 0.717) is 16.9 Å². The normalized spacial score (nSPS) is 10.5. The molecule has 134 valence electrons. The number of ether oxygens (including phenoxy) is 1. The molecule has 0 saturated carbocycles. The lowest BCUT2D eigenvalue weighted by molar-refractivity contribution is -0.143. The summed E-state index contributed by atoms with van der Waals surface area (Å²) in [5.41, 5.74) is 1.08. The van der Waals surface area contributed by atoms with Crippen LogP contribution in [0, 0.1) is 0 Å². The van der Waals surface area contributed by atoms with Gasteiger partial charge in [0, 0.05) is 27.1 Å².